The molecule has 0 amide bonds. The summed E-state index contributed by atoms with van der Waals surface area (Å²) in [6.45, 7) is 9.20. The minimum atomic E-state index is 0.0738. The van der Waals surface area contributed by atoms with Crippen LogP contribution in [0.15, 0.2) is 18.2 Å². The average Bonchev–Trinajstić information content (AvgIpc) is 2.29. The Hall–Kier alpha value is -0.540. The zero-order valence-electron chi connectivity index (χ0n) is 10.8. The van der Waals surface area contributed by atoms with Gasteiger partial charge in [-0.05, 0) is 32.4 Å². The fraction of sp³-hybridized carbons (Fsp3) is 0.571. The van der Waals surface area contributed by atoms with Crippen molar-refractivity contribution in [3.63, 3.8) is 0 Å². The molecule has 1 fully saturated rings. The molecule has 1 heterocycles. The molecule has 2 nitrogen and oxygen atoms in total. The monoisotopic (exact) mass is 297 g/mol. The summed E-state index contributed by atoms with van der Waals surface area (Å²) in [7, 11) is 0. The summed E-state index contributed by atoms with van der Waals surface area (Å²) in [5, 5.41) is 0.900. The third-order valence-electron chi connectivity index (χ3n) is 3.31. The number of ether oxygens (including phenoxy) is 1. The summed E-state index contributed by atoms with van der Waals surface area (Å²) in [6.07, 6.45) is 0. The molecule has 0 radical (unpaired) electrons. The molecule has 1 saturated heterocycles. The molecule has 2 rings (SSSR count). The normalized spacial score (nSPS) is 19.4. The lowest BCUT2D eigenvalue weighted by Crippen LogP contribution is -2.53. The fourth-order valence-electron chi connectivity index (χ4n) is 2.39. The first-order chi connectivity index (χ1) is 8.04. The Balaban J connectivity index is 2.38. The quantitative estimate of drug-likeness (QED) is 0.775. The number of aryl methyl sites for hydroxylation is 1. The van der Waals surface area contributed by atoms with E-state index in [-0.39, 0.29) is 5.54 Å². The van der Waals surface area contributed by atoms with Crippen LogP contribution in [0.2, 0.25) is 0 Å². The number of alkyl halides is 1. The third-order valence-corrected chi connectivity index (χ3v) is 3.92. The summed E-state index contributed by atoms with van der Waals surface area (Å²) >= 11 is 3.59. The van der Waals surface area contributed by atoms with Gasteiger partial charge in [0.2, 0.25) is 0 Å². The van der Waals surface area contributed by atoms with E-state index < -0.39 is 0 Å². The Kier molecular flexibility index (Phi) is 3.79. The molecule has 94 valence electrons. The van der Waals surface area contributed by atoms with E-state index in [9.17, 15) is 0 Å². The van der Waals surface area contributed by atoms with E-state index in [1.165, 1.54) is 16.8 Å². The first-order valence-electron chi connectivity index (χ1n) is 6.05. The van der Waals surface area contributed by atoms with Crippen LogP contribution in [0.1, 0.15) is 25.0 Å². The van der Waals surface area contributed by atoms with Gasteiger partial charge in [0.15, 0.2) is 0 Å². The van der Waals surface area contributed by atoms with Crippen LogP contribution in [0.5, 0.6) is 0 Å². The standard InChI is InChI=1S/C14H20BrNO/c1-11-4-5-13(12(8-11)9-15)16-6-7-17-10-14(16,2)3/h4-5,8H,6-7,9-10H2,1-3H3. The number of halogens is 1. The minimum absolute atomic E-state index is 0.0738. The number of morpholine rings is 1. The molecular weight excluding hydrogens is 278 g/mol. The highest BCUT2D eigenvalue weighted by Gasteiger charge is 2.31. The predicted molar refractivity (Wildman–Crippen MR) is 76.1 cm³/mol. The van der Waals surface area contributed by atoms with Crippen molar-refractivity contribution in [3.05, 3.63) is 29.3 Å². The zero-order valence-corrected chi connectivity index (χ0v) is 12.4. The first-order valence-corrected chi connectivity index (χ1v) is 7.17. The predicted octanol–water partition coefficient (Wildman–Crippen LogP) is 3.51. The highest BCUT2D eigenvalue weighted by Crippen LogP contribution is 2.31. The molecule has 0 saturated carbocycles. The van der Waals surface area contributed by atoms with Crippen LogP contribution in [0.4, 0.5) is 5.69 Å². The maximum Gasteiger partial charge on any atom is 0.0694 e. The molecule has 0 N–H and O–H groups in total. The average molecular weight is 298 g/mol. The number of benzene rings is 1. The molecule has 17 heavy (non-hydrogen) atoms. The third kappa shape index (κ3) is 2.66. The lowest BCUT2D eigenvalue weighted by atomic mass is 9.99. The summed E-state index contributed by atoms with van der Waals surface area (Å²) < 4.78 is 5.58. The van der Waals surface area contributed by atoms with Crippen LogP contribution >= 0.6 is 15.9 Å². The first kappa shape index (κ1) is 12.9. The van der Waals surface area contributed by atoms with Gasteiger partial charge in [0, 0.05) is 17.6 Å². The summed E-state index contributed by atoms with van der Waals surface area (Å²) in [6, 6.07) is 6.68. The Bertz CT molecular complexity index is 403. The number of hydrogen-bond donors (Lipinski definition) is 0. The number of nitrogens with zero attached hydrogens (tertiary/aromatic N) is 1. The molecule has 0 aromatic heterocycles. The molecule has 1 aliphatic rings. The van der Waals surface area contributed by atoms with Crippen LogP contribution in [0, 0.1) is 6.92 Å². The lowest BCUT2D eigenvalue weighted by Gasteiger charge is -2.44. The molecular formula is C14H20BrNO. The molecule has 1 aromatic rings. The van der Waals surface area contributed by atoms with Gasteiger partial charge in [-0.1, -0.05) is 33.6 Å². The van der Waals surface area contributed by atoms with Gasteiger partial charge in [-0.3, -0.25) is 0 Å². The lowest BCUT2D eigenvalue weighted by molar-refractivity contribution is 0.0643. The van der Waals surface area contributed by atoms with Gasteiger partial charge in [0.25, 0.3) is 0 Å². The molecule has 1 aliphatic heterocycles. The van der Waals surface area contributed by atoms with E-state index in [2.05, 4.69) is 59.8 Å². The van der Waals surface area contributed by atoms with Gasteiger partial charge >= 0.3 is 0 Å². The summed E-state index contributed by atoms with van der Waals surface area (Å²) in [4.78, 5) is 2.46. The Morgan fingerprint density at radius 2 is 2.18 bits per heavy atom. The van der Waals surface area contributed by atoms with E-state index in [1.54, 1.807) is 0 Å². The van der Waals surface area contributed by atoms with E-state index >= 15 is 0 Å². The Labute approximate surface area is 112 Å². The second kappa shape index (κ2) is 4.99. The topological polar surface area (TPSA) is 12.5 Å². The second-order valence-corrected chi connectivity index (χ2v) is 5.84. The smallest absolute Gasteiger partial charge is 0.0694 e. The van der Waals surface area contributed by atoms with Crippen molar-refractivity contribution in [3.8, 4) is 0 Å². The molecule has 0 aliphatic carbocycles. The molecule has 0 unspecified atom stereocenters. The van der Waals surface area contributed by atoms with Crippen LogP contribution in [-0.4, -0.2) is 25.3 Å². The summed E-state index contributed by atoms with van der Waals surface area (Å²) in [5.74, 6) is 0. The minimum Gasteiger partial charge on any atom is -0.377 e. The Morgan fingerprint density at radius 3 is 2.82 bits per heavy atom. The van der Waals surface area contributed by atoms with Crippen LogP contribution in [0.25, 0.3) is 0 Å². The van der Waals surface area contributed by atoms with E-state index in [0.29, 0.717) is 0 Å². The van der Waals surface area contributed by atoms with E-state index in [4.69, 9.17) is 4.74 Å². The molecule has 0 spiro atoms. The Morgan fingerprint density at radius 1 is 1.41 bits per heavy atom. The van der Waals surface area contributed by atoms with E-state index in [1.807, 2.05) is 0 Å². The van der Waals surface area contributed by atoms with Gasteiger partial charge in [-0.25, -0.2) is 0 Å². The van der Waals surface area contributed by atoms with Gasteiger partial charge in [0.05, 0.1) is 18.8 Å². The van der Waals surface area contributed by atoms with Crippen molar-refractivity contribution in [2.45, 2.75) is 31.6 Å². The molecule has 0 bridgehead atoms. The molecule has 0 atom stereocenters. The van der Waals surface area contributed by atoms with Crippen LogP contribution in [-0.2, 0) is 10.1 Å². The van der Waals surface area contributed by atoms with Crippen molar-refractivity contribution >= 4 is 21.6 Å². The molecule has 1 aromatic carbocycles. The second-order valence-electron chi connectivity index (χ2n) is 5.28. The van der Waals surface area contributed by atoms with E-state index in [0.717, 1.165) is 25.1 Å². The SMILES string of the molecule is Cc1ccc(N2CCOCC2(C)C)c(CBr)c1. The largest absolute Gasteiger partial charge is 0.377 e. The van der Waals surface area contributed by atoms with Gasteiger partial charge in [-0.2, -0.15) is 0 Å². The van der Waals surface area contributed by atoms with Gasteiger partial charge < -0.3 is 9.64 Å². The molecule has 3 heteroatoms. The van der Waals surface area contributed by atoms with Gasteiger partial charge in [0.1, 0.15) is 0 Å². The number of hydrogen-bond acceptors (Lipinski definition) is 2. The maximum absolute atomic E-state index is 5.58. The fourth-order valence-corrected chi connectivity index (χ4v) is 2.84. The maximum atomic E-state index is 5.58. The van der Waals surface area contributed by atoms with Crippen molar-refractivity contribution in [1.29, 1.82) is 0 Å². The van der Waals surface area contributed by atoms with Gasteiger partial charge in [-0.15, -0.1) is 0 Å². The van der Waals surface area contributed by atoms with Crippen LogP contribution in [0.3, 0.4) is 0 Å². The van der Waals surface area contributed by atoms with Crippen LogP contribution < -0.4 is 4.90 Å². The van der Waals surface area contributed by atoms with Crippen molar-refractivity contribution in [1.82, 2.24) is 0 Å². The van der Waals surface area contributed by atoms with Crippen molar-refractivity contribution in [2.24, 2.45) is 0 Å². The highest BCUT2D eigenvalue weighted by molar-refractivity contribution is 9.08. The van der Waals surface area contributed by atoms with Crippen molar-refractivity contribution < 1.29 is 4.74 Å². The van der Waals surface area contributed by atoms with Crippen molar-refractivity contribution in [2.75, 3.05) is 24.7 Å². The zero-order chi connectivity index (χ0) is 12.5. The highest BCUT2D eigenvalue weighted by atomic mass is 79.9. The summed E-state index contributed by atoms with van der Waals surface area (Å²) in [5.41, 5.74) is 4.08. The number of anilines is 1. The number of rotatable bonds is 2.